The molecule has 5 rings (SSSR count). The summed E-state index contributed by atoms with van der Waals surface area (Å²) in [5, 5.41) is 7.85. The molecule has 1 aliphatic rings. The fourth-order valence-corrected chi connectivity index (χ4v) is 5.00. The summed E-state index contributed by atoms with van der Waals surface area (Å²) in [6.07, 6.45) is 9.72. The van der Waals surface area contributed by atoms with Gasteiger partial charge in [0.05, 0.1) is 11.7 Å². The third kappa shape index (κ3) is 4.58. The minimum Gasteiger partial charge on any atom is -0.408 e. The molecule has 1 saturated carbocycles. The first-order valence-electron chi connectivity index (χ1n) is 12.0. The van der Waals surface area contributed by atoms with E-state index in [1.807, 2.05) is 48.4 Å². The van der Waals surface area contributed by atoms with Crippen molar-refractivity contribution in [3.8, 4) is 11.1 Å². The van der Waals surface area contributed by atoms with E-state index in [0.717, 1.165) is 42.3 Å². The average molecular weight is 462 g/mol. The summed E-state index contributed by atoms with van der Waals surface area (Å²) in [5.41, 5.74) is 5.21. The molecule has 1 aliphatic carbocycles. The summed E-state index contributed by atoms with van der Waals surface area (Å²) in [5.74, 6) is 0.366. The van der Waals surface area contributed by atoms with Crippen molar-refractivity contribution in [1.29, 1.82) is 0 Å². The summed E-state index contributed by atoms with van der Waals surface area (Å²) >= 11 is 0. The first-order chi connectivity index (χ1) is 16.4. The van der Waals surface area contributed by atoms with Crippen molar-refractivity contribution in [1.82, 2.24) is 19.3 Å². The fraction of sp³-hybridized carbons (Fsp3) is 0.423. The van der Waals surface area contributed by atoms with Crippen LogP contribution in [0.5, 0.6) is 0 Å². The maximum Gasteiger partial charge on any atom is 0.417 e. The monoisotopic (exact) mass is 461 g/mol. The Morgan fingerprint density at radius 1 is 1.12 bits per heavy atom. The summed E-state index contributed by atoms with van der Waals surface area (Å²) in [6.45, 7) is 4.91. The smallest absolute Gasteiger partial charge is 0.408 e. The van der Waals surface area contributed by atoms with Crippen LogP contribution >= 0.6 is 0 Å². The van der Waals surface area contributed by atoms with Crippen molar-refractivity contribution in [2.45, 2.75) is 58.0 Å². The molecular weight excluding hydrogens is 430 g/mol. The number of hydrogen-bond donors (Lipinski definition) is 2. The Morgan fingerprint density at radius 3 is 2.62 bits per heavy atom. The third-order valence-corrected chi connectivity index (χ3v) is 6.69. The second-order valence-electron chi connectivity index (χ2n) is 9.86. The fourth-order valence-electron chi connectivity index (χ4n) is 5.00. The molecule has 2 N–H and O–H groups in total. The Hall–Kier alpha value is -3.55. The summed E-state index contributed by atoms with van der Waals surface area (Å²) in [7, 11) is 1.90. The van der Waals surface area contributed by atoms with Crippen molar-refractivity contribution < 1.29 is 4.42 Å². The number of pyridine rings is 1. The molecule has 8 nitrogen and oxygen atoms in total. The van der Waals surface area contributed by atoms with E-state index in [2.05, 4.69) is 35.3 Å². The highest BCUT2D eigenvalue weighted by atomic mass is 16.4. The molecule has 0 unspecified atom stereocenters. The normalized spacial score (nSPS) is 18.6. The van der Waals surface area contributed by atoms with E-state index < -0.39 is 5.76 Å². The van der Waals surface area contributed by atoms with Crippen LogP contribution in [0.4, 0.5) is 5.69 Å². The van der Waals surface area contributed by atoms with Crippen LogP contribution in [0.1, 0.15) is 51.0 Å². The molecule has 0 amide bonds. The number of aryl methyl sites for hydroxylation is 1. The Balaban J connectivity index is 1.33. The van der Waals surface area contributed by atoms with Gasteiger partial charge in [0.15, 0.2) is 5.58 Å². The predicted octanol–water partition coefficient (Wildman–Crippen LogP) is 4.48. The lowest BCUT2D eigenvalue weighted by atomic mass is 9.81. The molecule has 3 heterocycles. The number of nitrogens with one attached hydrogen (secondary N) is 2. The van der Waals surface area contributed by atoms with Gasteiger partial charge in [-0.15, -0.1) is 0 Å². The van der Waals surface area contributed by atoms with E-state index in [4.69, 9.17) is 4.42 Å². The number of aromatic amines is 1. The van der Waals surface area contributed by atoms with Gasteiger partial charge in [-0.3, -0.25) is 14.5 Å². The Labute approximate surface area is 197 Å². The van der Waals surface area contributed by atoms with Gasteiger partial charge in [-0.25, -0.2) is 4.79 Å². The molecule has 178 valence electrons. The van der Waals surface area contributed by atoms with Crippen LogP contribution in [0, 0.1) is 5.92 Å². The maximum absolute atomic E-state index is 13.2. The van der Waals surface area contributed by atoms with E-state index in [0.29, 0.717) is 29.7 Å². The number of rotatable bonds is 6. The summed E-state index contributed by atoms with van der Waals surface area (Å²) in [6, 6.07) is 8.18. The lowest BCUT2D eigenvalue weighted by Gasteiger charge is -2.30. The van der Waals surface area contributed by atoms with Gasteiger partial charge < -0.3 is 14.3 Å². The SMILES string of the molecule is CC(C)Cn1cc(-c2cnn(C)c2)cc(NC2CCC(c3ccc4[nH]c(=O)oc4c3)CC2)c1=O. The van der Waals surface area contributed by atoms with Crippen molar-refractivity contribution in [2.24, 2.45) is 13.0 Å². The Kier molecular flexibility index (Phi) is 5.89. The van der Waals surface area contributed by atoms with Gasteiger partial charge in [-0.1, -0.05) is 19.9 Å². The van der Waals surface area contributed by atoms with Crippen LogP contribution in [0.15, 0.2) is 56.9 Å². The van der Waals surface area contributed by atoms with Crippen LogP contribution in [0.3, 0.4) is 0 Å². The number of nitrogens with zero attached hydrogens (tertiary/aromatic N) is 3. The van der Waals surface area contributed by atoms with Crippen molar-refractivity contribution in [2.75, 3.05) is 5.32 Å². The van der Waals surface area contributed by atoms with E-state index in [-0.39, 0.29) is 11.6 Å². The Bertz CT molecular complexity index is 1420. The van der Waals surface area contributed by atoms with Gasteiger partial charge in [0.2, 0.25) is 0 Å². The minimum absolute atomic E-state index is 0.0244. The number of hydrogen-bond acceptors (Lipinski definition) is 5. The number of oxazole rings is 1. The zero-order valence-electron chi connectivity index (χ0n) is 19.9. The Morgan fingerprint density at radius 2 is 1.91 bits per heavy atom. The first kappa shape index (κ1) is 22.3. The molecule has 4 aromatic rings. The van der Waals surface area contributed by atoms with Crippen LogP contribution in [-0.4, -0.2) is 25.4 Å². The first-order valence-corrected chi connectivity index (χ1v) is 12.0. The van der Waals surface area contributed by atoms with Gasteiger partial charge in [-0.05, 0) is 61.3 Å². The molecule has 1 fully saturated rings. The molecule has 0 aliphatic heterocycles. The number of anilines is 1. The lowest BCUT2D eigenvalue weighted by molar-refractivity contribution is 0.411. The largest absolute Gasteiger partial charge is 0.417 e. The molecular formula is C26H31N5O3. The number of benzene rings is 1. The molecule has 1 aromatic carbocycles. The van der Waals surface area contributed by atoms with E-state index >= 15 is 0 Å². The van der Waals surface area contributed by atoms with Crippen LogP contribution in [0.2, 0.25) is 0 Å². The summed E-state index contributed by atoms with van der Waals surface area (Å²) in [4.78, 5) is 27.4. The highest BCUT2D eigenvalue weighted by Crippen LogP contribution is 2.35. The van der Waals surface area contributed by atoms with Crippen LogP contribution in [0.25, 0.3) is 22.2 Å². The van der Waals surface area contributed by atoms with Crippen LogP contribution in [-0.2, 0) is 13.6 Å². The van der Waals surface area contributed by atoms with Crippen LogP contribution < -0.4 is 16.6 Å². The van der Waals surface area contributed by atoms with Crippen molar-refractivity contribution in [3.63, 3.8) is 0 Å². The van der Waals surface area contributed by atoms with Gasteiger partial charge in [0.1, 0.15) is 5.69 Å². The van der Waals surface area contributed by atoms with Gasteiger partial charge in [-0.2, -0.15) is 5.10 Å². The molecule has 0 bridgehead atoms. The van der Waals surface area contributed by atoms with E-state index in [1.54, 1.807) is 4.68 Å². The van der Waals surface area contributed by atoms with Crippen molar-refractivity contribution in [3.05, 3.63) is 69.3 Å². The maximum atomic E-state index is 13.2. The number of fused-ring (bicyclic) bond motifs is 1. The zero-order chi connectivity index (χ0) is 23.8. The predicted molar refractivity (Wildman–Crippen MR) is 133 cm³/mol. The van der Waals surface area contributed by atoms with Crippen molar-refractivity contribution >= 4 is 16.8 Å². The van der Waals surface area contributed by atoms with Gasteiger partial charge >= 0.3 is 5.76 Å². The lowest BCUT2D eigenvalue weighted by Crippen LogP contribution is -2.31. The number of aromatic nitrogens is 4. The standard InChI is InChI=1S/C26H31N5O3/c1-16(2)13-31-15-19(20-12-27-30(3)14-20)10-23(25(31)32)28-21-7-4-17(5-8-21)18-6-9-22-24(11-18)34-26(33)29-22/h6,9-12,14-17,21,28H,4-5,7-8,13H2,1-3H3,(H,29,33). The third-order valence-electron chi connectivity index (χ3n) is 6.69. The molecule has 0 radical (unpaired) electrons. The average Bonchev–Trinajstić information content (AvgIpc) is 3.40. The molecule has 8 heteroatoms. The minimum atomic E-state index is -0.420. The molecule has 0 saturated heterocycles. The van der Waals surface area contributed by atoms with Gasteiger partial charge in [0, 0.05) is 43.2 Å². The molecule has 0 spiro atoms. The highest BCUT2D eigenvalue weighted by Gasteiger charge is 2.24. The molecule has 3 aromatic heterocycles. The quantitative estimate of drug-likeness (QED) is 0.441. The zero-order valence-corrected chi connectivity index (χ0v) is 19.9. The van der Waals surface area contributed by atoms with Gasteiger partial charge in [0.25, 0.3) is 5.56 Å². The molecule has 34 heavy (non-hydrogen) atoms. The molecule has 0 atom stereocenters. The van der Waals surface area contributed by atoms with E-state index in [1.165, 1.54) is 5.56 Å². The second kappa shape index (κ2) is 9.00. The highest BCUT2D eigenvalue weighted by molar-refractivity contribution is 5.73. The topological polar surface area (TPSA) is 97.8 Å². The van der Waals surface area contributed by atoms with E-state index in [9.17, 15) is 9.59 Å². The summed E-state index contributed by atoms with van der Waals surface area (Å²) < 4.78 is 8.83. The second-order valence-corrected chi connectivity index (χ2v) is 9.86. The number of H-pyrrole nitrogens is 1.